The number of halogens is 1. The van der Waals surface area contributed by atoms with Gasteiger partial charge in [0.05, 0.1) is 0 Å². The van der Waals surface area contributed by atoms with Gasteiger partial charge in [0.2, 0.25) is 5.91 Å². The molecule has 104 valence electrons. The molecule has 1 N–H and O–H groups in total. The number of carbonyl (C=O) groups excluding carboxylic acids is 1. The molecule has 0 aliphatic carbocycles. The molecule has 1 aromatic carbocycles. The average Bonchev–Trinajstić information content (AvgIpc) is 2.35. The Morgan fingerprint density at radius 2 is 2.05 bits per heavy atom. The highest BCUT2D eigenvalue weighted by Crippen LogP contribution is 2.13. The molecule has 4 heteroatoms. The summed E-state index contributed by atoms with van der Waals surface area (Å²) in [6.45, 7) is 5.84. The summed E-state index contributed by atoms with van der Waals surface area (Å²) in [5, 5.41) is 4.16. The molecule has 1 saturated heterocycles. The topological polar surface area (TPSA) is 32.3 Å². The third-order valence-electron chi connectivity index (χ3n) is 3.43. The van der Waals surface area contributed by atoms with Gasteiger partial charge in [-0.2, -0.15) is 0 Å². The summed E-state index contributed by atoms with van der Waals surface area (Å²) in [5.74, 6) is 0.236. The van der Waals surface area contributed by atoms with Crippen LogP contribution in [0, 0.1) is 0 Å². The van der Waals surface area contributed by atoms with Crippen molar-refractivity contribution in [3.63, 3.8) is 0 Å². The zero-order valence-electron chi connectivity index (χ0n) is 11.5. The minimum atomic E-state index is 0.236. The first-order chi connectivity index (χ1) is 9.04. The normalized spacial score (nSPS) is 23.4. The fourth-order valence-electron chi connectivity index (χ4n) is 2.63. The predicted molar refractivity (Wildman–Crippen MR) is 78.4 cm³/mol. The Morgan fingerprint density at radius 3 is 2.68 bits per heavy atom. The highest BCUT2D eigenvalue weighted by molar-refractivity contribution is 6.30. The molecule has 1 amide bonds. The third-order valence-corrected chi connectivity index (χ3v) is 3.66. The monoisotopic (exact) mass is 280 g/mol. The molecule has 2 atom stereocenters. The van der Waals surface area contributed by atoms with E-state index in [9.17, 15) is 4.79 Å². The summed E-state index contributed by atoms with van der Waals surface area (Å²) in [4.78, 5) is 14.2. The number of amides is 1. The standard InChI is InChI=1S/C15H21ClN2O/c1-11-9-18(10-12(2)17-11)15(19)7-6-13-4-3-5-14(16)8-13/h3-5,8,11-12,17H,6-7,9-10H2,1-2H3/t11-,12+. The summed E-state index contributed by atoms with van der Waals surface area (Å²) in [6, 6.07) is 8.47. The van der Waals surface area contributed by atoms with Crippen LogP contribution in [0.1, 0.15) is 25.8 Å². The molecule has 1 aromatic rings. The number of hydrogen-bond acceptors (Lipinski definition) is 2. The lowest BCUT2D eigenvalue weighted by molar-refractivity contribution is -0.132. The van der Waals surface area contributed by atoms with Gasteiger partial charge in [-0.25, -0.2) is 0 Å². The largest absolute Gasteiger partial charge is 0.340 e. The maximum Gasteiger partial charge on any atom is 0.223 e. The van der Waals surface area contributed by atoms with E-state index < -0.39 is 0 Å². The second-order valence-electron chi connectivity index (χ2n) is 5.40. The van der Waals surface area contributed by atoms with Gasteiger partial charge in [-0.15, -0.1) is 0 Å². The van der Waals surface area contributed by atoms with Crippen LogP contribution in [0.4, 0.5) is 0 Å². The van der Waals surface area contributed by atoms with Crippen molar-refractivity contribution < 1.29 is 4.79 Å². The van der Waals surface area contributed by atoms with Crippen LogP contribution in [0.15, 0.2) is 24.3 Å². The van der Waals surface area contributed by atoms with Crippen LogP contribution in [0.5, 0.6) is 0 Å². The molecule has 1 fully saturated rings. The molecule has 2 rings (SSSR count). The van der Waals surface area contributed by atoms with Crippen LogP contribution in [0.3, 0.4) is 0 Å². The number of aryl methyl sites for hydroxylation is 1. The van der Waals surface area contributed by atoms with Crippen molar-refractivity contribution in [2.24, 2.45) is 0 Å². The lowest BCUT2D eigenvalue weighted by atomic mass is 10.1. The van der Waals surface area contributed by atoms with Gasteiger partial charge in [0.1, 0.15) is 0 Å². The lowest BCUT2D eigenvalue weighted by Gasteiger charge is -2.36. The summed E-state index contributed by atoms with van der Waals surface area (Å²) >= 11 is 5.94. The van der Waals surface area contributed by atoms with Gasteiger partial charge < -0.3 is 10.2 Å². The molecule has 0 saturated carbocycles. The summed E-state index contributed by atoms with van der Waals surface area (Å²) < 4.78 is 0. The minimum Gasteiger partial charge on any atom is -0.340 e. The SMILES string of the molecule is C[C@@H]1CN(C(=O)CCc2cccc(Cl)c2)C[C@H](C)N1. The van der Waals surface area contributed by atoms with E-state index in [2.05, 4.69) is 19.2 Å². The molecule has 0 bridgehead atoms. The van der Waals surface area contributed by atoms with E-state index in [1.54, 1.807) is 0 Å². The number of nitrogens with one attached hydrogen (secondary N) is 1. The summed E-state index contributed by atoms with van der Waals surface area (Å²) in [7, 11) is 0. The van der Waals surface area contributed by atoms with E-state index >= 15 is 0 Å². The average molecular weight is 281 g/mol. The fourth-order valence-corrected chi connectivity index (χ4v) is 2.85. The Labute approximate surface area is 119 Å². The van der Waals surface area contributed by atoms with Gasteiger partial charge in [-0.05, 0) is 38.0 Å². The fraction of sp³-hybridized carbons (Fsp3) is 0.533. The predicted octanol–water partition coefficient (Wildman–Crippen LogP) is 2.48. The van der Waals surface area contributed by atoms with Crippen molar-refractivity contribution in [3.8, 4) is 0 Å². The summed E-state index contributed by atoms with van der Waals surface area (Å²) in [6.07, 6.45) is 1.31. The van der Waals surface area contributed by atoms with Crippen LogP contribution < -0.4 is 5.32 Å². The second-order valence-corrected chi connectivity index (χ2v) is 5.83. The first-order valence-corrected chi connectivity index (χ1v) is 7.20. The van der Waals surface area contributed by atoms with Gasteiger partial charge in [0.25, 0.3) is 0 Å². The van der Waals surface area contributed by atoms with E-state index in [1.165, 1.54) is 0 Å². The van der Waals surface area contributed by atoms with E-state index in [1.807, 2.05) is 29.2 Å². The van der Waals surface area contributed by atoms with E-state index in [-0.39, 0.29) is 5.91 Å². The van der Waals surface area contributed by atoms with Gasteiger partial charge >= 0.3 is 0 Å². The molecule has 3 nitrogen and oxygen atoms in total. The Hall–Kier alpha value is -1.06. The molecular weight excluding hydrogens is 260 g/mol. The maximum absolute atomic E-state index is 12.2. The van der Waals surface area contributed by atoms with Crippen molar-refractivity contribution in [2.45, 2.75) is 38.8 Å². The minimum absolute atomic E-state index is 0.236. The van der Waals surface area contributed by atoms with Gasteiger partial charge in [-0.3, -0.25) is 4.79 Å². The lowest BCUT2D eigenvalue weighted by Crippen LogP contribution is -2.55. The highest BCUT2D eigenvalue weighted by atomic mass is 35.5. The molecule has 1 aliphatic heterocycles. The van der Waals surface area contributed by atoms with E-state index in [0.717, 1.165) is 30.1 Å². The van der Waals surface area contributed by atoms with Crippen LogP contribution in [0.25, 0.3) is 0 Å². The third kappa shape index (κ3) is 4.22. The van der Waals surface area contributed by atoms with Crippen molar-refractivity contribution in [2.75, 3.05) is 13.1 Å². The number of benzene rings is 1. The van der Waals surface area contributed by atoms with E-state index in [4.69, 9.17) is 11.6 Å². The quantitative estimate of drug-likeness (QED) is 0.923. The van der Waals surface area contributed by atoms with Gasteiger partial charge in [0, 0.05) is 36.6 Å². The van der Waals surface area contributed by atoms with E-state index in [0.29, 0.717) is 18.5 Å². The van der Waals surface area contributed by atoms with Gasteiger partial charge in [-0.1, -0.05) is 23.7 Å². The Bertz CT molecular complexity index is 440. The van der Waals surface area contributed by atoms with Crippen LogP contribution in [0.2, 0.25) is 5.02 Å². The maximum atomic E-state index is 12.2. The van der Waals surface area contributed by atoms with Crippen molar-refractivity contribution >= 4 is 17.5 Å². The Kier molecular flexibility index (Phi) is 4.83. The second kappa shape index (κ2) is 6.40. The number of nitrogens with zero attached hydrogens (tertiary/aromatic N) is 1. The van der Waals surface area contributed by atoms with Crippen LogP contribution >= 0.6 is 11.6 Å². The molecule has 0 spiro atoms. The Balaban J connectivity index is 1.87. The van der Waals surface area contributed by atoms with Crippen molar-refractivity contribution in [1.82, 2.24) is 10.2 Å². The highest BCUT2D eigenvalue weighted by Gasteiger charge is 2.24. The number of piperazine rings is 1. The smallest absolute Gasteiger partial charge is 0.223 e. The van der Waals surface area contributed by atoms with Crippen LogP contribution in [-0.4, -0.2) is 36.0 Å². The van der Waals surface area contributed by atoms with Crippen molar-refractivity contribution in [3.05, 3.63) is 34.9 Å². The first-order valence-electron chi connectivity index (χ1n) is 6.83. The van der Waals surface area contributed by atoms with Gasteiger partial charge in [0.15, 0.2) is 0 Å². The molecule has 0 unspecified atom stereocenters. The molecule has 0 radical (unpaired) electrons. The summed E-state index contributed by atoms with van der Waals surface area (Å²) in [5.41, 5.74) is 1.12. The Morgan fingerprint density at radius 1 is 1.37 bits per heavy atom. The van der Waals surface area contributed by atoms with Crippen LogP contribution in [-0.2, 0) is 11.2 Å². The first kappa shape index (κ1) is 14.4. The molecule has 1 heterocycles. The number of hydrogen-bond donors (Lipinski definition) is 1. The molecule has 19 heavy (non-hydrogen) atoms. The molecular formula is C15H21ClN2O. The molecule has 1 aliphatic rings. The number of rotatable bonds is 3. The number of carbonyl (C=O) groups is 1. The zero-order chi connectivity index (χ0) is 13.8. The zero-order valence-corrected chi connectivity index (χ0v) is 12.3. The van der Waals surface area contributed by atoms with Crippen molar-refractivity contribution in [1.29, 1.82) is 0 Å². The molecule has 0 aromatic heterocycles.